The zero-order chi connectivity index (χ0) is 16.7. The maximum atomic E-state index is 12.6. The van der Waals surface area contributed by atoms with Gasteiger partial charge in [-0.25, -0.2) is 0 Å². The molecule has 23 heavy (non-hydrogen) atoms. The third kappa shape index (κ3) is 4.95. The number of amides is 1. The number of hydrogen-bond donors (Lipinski definition) is 1. The summed E-state index contributed by atoms with van der Waals surface area (Å²) >= 11 is 6.00. The molecule has 0 bridgehead atoms. The van der Waals surface area contributed by atoms with E-state index >= 15 is 0 Å². The molecule has 0 fully saturated rings. The molecule has 0 heterocycles. The Morgan fingerprint density at radius 1 is 1.22 bits per heavy atom. The van der Waals surface area contributed by atoms with Crippen LogP contribution in [0.15, 0.2) is 54.6 Å². The van der Waals surface area contributed by atoms with Crippen LogP contribution >= 0.6 is 11.6 Å². The minimum Gasteiger partial charge on any atom is -0.395 e. The van der Waals surface area contributed by atoms with Crippen LogP contribution in [0.3, 0.4) is 0 Å². The number of aliphatic hydroxyl groups is 1. The van der Waals surface area contributed by atoms with Crippen molar-refractivity contribution in [3.8, 4) is 0 Å². The van der Waals surface area contributed by atoms with Gasteiger partial charge in [0.1, 0.15) is 0 Å². The number of nitrogens with zero attached hydrogens (tertiary/aromatic N) is 1. The molecule has 0 saturated carbocycles. The fourth-order valence-electron chi connectivity index (χ4n) is 2.24. The minimum absolute atomic E-state index is 0.0719. The molecule has 4 heteroatoms. The monoisotopic (exact) mass is 329 g/mol. The van der Waals surface area contributed by atoms with Crippen molar-refractivity contribution in [1.82, 2.24) is 4.90 Å². The van der Waals surface area contributed by atoms with Crippen LogP contribution in [0.2, 0.25) is 5.02 Å². The fourth-order valence-corrected chi connectivity index (χ4v) is 2.35. The topological polar surface area (TPSA) is 40.5 Å². The normalized spacial score (nSPS) is 10.9. The fraction of sp³-hybridized carbons (Fsp3) is 0.211. The summed E-state index contributed by atoms with van der Waals surface area (Å²) in [6.45, 7) is 2.53. The molecule has 3 nitrogen and oxygen atoms in total. The molecule has 0 unspecified atom stereocenters. The van der Waals surface area contributed by atoms with Crippen molar-refractivity contribution in [3.63, 3.8) is 0 Å². The number of hydrogen-bond acceptors (Lipinski definition) is 2. The number of carbonyl (C=O) groups excluding carboxylic acids is 1. The summed E-state index contributed by atoms with van der Waals surface area (Å²) in [7, 11) is 0. The first-order chi connectivity index (χ1) is 11.1. The van der Waals surface area contributed by atoms with E-state index in [1.165, 1.54) is 0 Å². The third-order valence-corrected chi connectivity index (χ3v) is 3.92. The number of carbonyl (C=O) groups is 1. The molecule has 2 aromatic rings. The van der Waals surface area contributed by atoms with Gasteiger partial charge >= 0.3 is 0 Å². The largest absolute Gasteiger partial charge is 0.395 e. The Kier molecular flexibility index (Phi) is 6.39. The van der Waals surface area contributed by atoms with Gasteiger partial charge in [-0.2, -0.15) is 0 Å². The van der Waals surface area contributed by atoms with Crippen LogP contribution in [-0.2, 0) is 0 Å². The Balaban J connectivity index is 2.09. The highest BCUT2D eigenvalue weighted by atomic mass is 35.5. The Bertz CT molecular complexity index is 683. The molecule has 0 spiro atoms. The van der Waals surface area contributed by atoms with E-state index in [0.717, 1.165) is 11.1 Å². The molecule has 1 N–H and O–H groups in total. The van der Waals surface area contributed by atoms with Crippen molar-refractivity contribution in [2.75, 3.05) is 19.7 Å². The molecule has 2 rings (SSSR count). The molecule has 1 amide bonds. The number of aryl methyl sites for hydroxylation is 1. The quantitative estimate of drug-likeness (QED) is 0.875. The number of benzene rings is 2. The highest BCUT2D eigenvalue weighted by molar-refractivity contribution is 6.31. The molecular formula is C19H20ClNO2. The first kappa shape index (κ1) is 17.3. The lowest BCUT2D eigenvalue weighted by atomic mass is 10.1. The summed E-state index contributed by atoms with van der Waals surface area (Å²) < 4.78 is 0. The Labute approximate surface area is 141 Å². The van der Waals surface area contributed by atoms with Crippen LogP contribution < -0.4 is 0 Å². The SMILES string of the molecule is Cc1cc(C(=O)N(CC=Cc2ccccc2)CCO)ccc1Cl. The predicted octanol–water partition coefficient (Wildman–Crippen LogP) is 3.80. The summed E-state index contributed by atoms with van der Waals surface area (Å²) in [5, 5.41) is 9.85. The Morgan fingerprint density at radius 3 is 2.61 bits per heavy atom. The van der Waals surface area contributed by atoms with E-state index < -0.39 is 0 Å². The smallest absolute Gasteiger partial charge is 0.254 e. The van der Waals surface area contributed by atoms with Crippen molar-refractivity contribution >= 4 is 23.6 Å². The lowest BCUT2D eigenvalue weighted by Crippen LogP contribution is -2.33. The summed E-state index contributed by atoms with van der Waals surface area (Å²) in [4.78, 5) is 14.2. The molecule has 0 saturated heterocycles. The second-order valence-corrected chi connectivity index (χ2v) is 5.66. The van der Waals surface area contributed by atoms with Crippen LogP contribution in [0.4, 0.5) is 0 Å². The summed E-state index contributed by atoms with van der Waals surface area (Å²) in [6.07, 6.45) is 3.89. The van der Waals surface area contributed by atoms with Gasteiger partial charge in [-0.15, -0.1) is 0 Å². The summed E-state index contributed by atoms with van der Waals surface area (Å²) in [5.74, 6) is -0.114. The Morgan fingerprint density at radius 2 is 1.96 bits per heavy atom. The average molecular weight is 330 g/mol. The van der Waals surface area contributed by atoms with E-state index in [9.17, 15) is 9.90 Å². The first-order valence-electron chi connectivity index (χ1n) is 7.49. The van der Waals surface area contributed by atoms with Crippen LogP contribution in [0.5, 0.6) is 0 Å². The van der Waals surface area contributed by atoms with Crippen molar-refractivity contribution in [2.45, 2.75) is 6.92 Å². The number of aliphatic hydroxyl groups excluding tert-OH is 1. The van der Waals surface area contributed by atoms with Gasteiger partial charge in [-0.1, -0.05) is 54.1 Å². The van der Waals surface area contributed by atoms with E-state index in [2.05, 4.69) is 0 Å². The molecular weight excluding hydrogens is 310 g/mol. The second kappa shape index (κ2) is 8.51. The molecule has 2 aromatic carbocycles. The number of halogens is 1. The predicted molar refractivity (Wildman–Crippen MR) is 94.7 cm³/mol. The lowest BCUT2D eigenvalue weighted by Gasteiger charge is -2.20. The van der Waals surface area contributed by atoms with Crippen LogP contribution in [0, 0.1) is 6.92 Å². The van der Waals surface area contributed by atoms with Gasteiger partial charge in [0.25, 0.3) is 5.91 Å². The van der Waals surface area contributed by atoms with Gasteiger partial charge in [-0.05, 0) is 36.2 Å². The highest BCUT2D eigenvalue weighted by Crippen LogP contribution is 2.17. The van der Waals surface area contributed by atoms with Gasteiger partial charge in [0.15, 0.2) is 0 Å². The van der Waals surface area contributed by atoms with E-state index in [4.69, 9.17) is 11.6 Å². The second-order valence-electron chi connectivity index (χ2n) is 5.25. The zero-order valence-corrected chi connectivity index (χ0v) is 13.8. The van der Waals surface area contributed by atoms with Crippen LogP contribution in [0.1, 0.15) is 21.5 Å². The molecule has 0 radical (unpaired) electrons. The third-order valence-electron chi connectivity index (χ3n) is 3.50. The maximum absolute atomic E-state index is 12.6. The lowest BCUT2D eigenvalue weighted by molar-refractivity contribution is 0.0743. The Hall–Kier alpha value is -2.10. The van der Waals surface area contributed by atoms with Crippen molar-refractivity contribution < 1.29 is 9.90 Å². The first-order valence-corrected chi connectivity index (χ1v) is 7.87. The van der Waals surface area contributed by atoms with Crippen molar-refractivity contribution in [1.29, 1.82) is 0 Å². The number of rotatable bonds is 6. The molecule has 0 aromatic heterocycles. The average Bonchev–Trinajstić information content (AvgIpc) is 2.57. The highest BCUT2D eigenvalue weighted by Gasteiger charge is 2.14. The zero-order valence-electron chi connectivity index (χ0n) is 13.1. The van der Waals surface area contributed by atoms with Crippen LogP contribution in [-0.4, -0.2) is 35.6 Å². The van der Waals surface area contributed by atoms with Crippen molar-refractivity contribution in [2.24, 2.45) is 0 Å². The summed E-state index contributed by atoms with van der Waals surface area (Å²) in [6, 6.07) is 15.1. The van der Waals surface area contributed by atoms with Crippen LogP contribution in [0.25, 0.3) is 6.08 Å². The van der Waals surface area contributed by atoms with E-state index in [1.54, 1.807) is 23.1 Å². The molecule has 0 aliphatic carbocycles. The molecule has 120 valence electrons. The van der Waals surface area contributed by atoms with Gasteiger partial charge in [0.2, 0.25) is 0 Å². The molecule has 0 atom stereocenters. The van der Waals surface area contributed by atoms with Crippen molar-refractivity contribution in [3.05, 3.63) is 76.3 Å². The van der Waals surface area contributed by atoms with E-state index in [0.29, 0.717) is 23.7 Å². The van der Waals surface area contributed by atoms with Gasteiger partial charge < -0.3 is 10.0 Å². The van der Waals surface area contributed by atoms with E-state index in [1.807, 2.05) is 49.4 Å². The van der Waals surface area contributed by atoms with Gasteiger partial charge in [0.05, 0.1) is 6.61 Å². The molecule has 0 aliphatic rings. The maximum Gasteiger partial charge on any atom is 0.254 e. The molecule has 0 aliphatic heterocycles. The van der Waals surface area contributed by atoms with E-state index in [-0.39, 0.29) is 12.5 Å². The summed E-state index contributed by atoms with van der Waals surface area (Å²) in [5.41, 5.74) is 2.51. The van der Waals surface area contributed by atoms with Gasteiger partial charge in [-0.3, -0.25) is 4.79 Å². The standard InChI is InChI=1S/C19H20ClNO2/c1-15-14-17(9-10-18(15)20)19(23)21(12-13-22)11-5-8-16-6-3-2-4-7-16/h2-10,14,22H,11-13H2,1H3. The van der Waals surface area contributed by atoms with Gasteiger partial charge in [0, 0.05) is 23.7 Å². The minimum atomic E-state index is -0.114.